The van der Waals surface area contributed by atoms with Gasteiger partial charge >= 0.3 is 0 Å². The number of halogens is 1. The van der Waals surface area contributed by atoms with Gasteiger partial charge < -0.3 is 19.5 Å². The van der Waals surface area contributed by atoms with Crippen LogP contribution >= 0.6 is 0 Å². The molecule has 6 nitrogen and oxygen atoms in total. The number of ether oxygens (including phenoxy) is 1. The lowest BCUT2D eigenvalue weighted by Crippen LogP contribution is -2.36. The highest BCUT2D eigenvalue weighted by molar-refractivity contribution is 5.94. The van der Waals surface area contributed by atoms with Crippen LogP contribution in [0.5, 0.6) is 0 Å². The van der Waals surface area contributed by atoms with E-state index in [1.165, 1.54) is 11.0 Å². The van der Waals surface area contributed by atoms with E-state index in [0.717, 1.165) is 11.0 Å². The van der Waals surface area contributed by atoms with E-state index in [1.807, 2.05) is 29.2 Å². The average Bonchev–Trinajstić information content (AvgIpc) is 3.10. The first-order valence-electron chi connectivity index (χ1n) is 8.93. The summed E-state index contributed by atoms with van der Waals surface area (Å²) in [5.41, 5.74) is 2.61. The van der Waals surface area contributed by atoms with E-state index in [2.05, 4.69) is 9.97 Å². The zero-order chi connectivity index (χ0) is 18.8. The predicted molar refractivity (Wildman–Crippen MR) is 101 cm³/mol. The average molecular weight is 368 g/mol. The van der Waals surface area contributed by atoms with Gasteiger partial charge in [-0.25, -0.2) is 9.37 Å². The van der Waals surface area contributed by atoms with Crippen LogP contribution in [0.3, 0.4) is 0 Å². The Labute approximate surface area is 156 Å². The smallest absolute Gasteiger partial charge is 0.254 e. The zero-order valence-corrected chi connectivity index (χ0v) is 15.1. The molecule has 7 heteroatoms. The number of rotatable bonds is 4. The fraction of sp³-hybridized carbons (Fsp3) is 0.300. The number of anilines is 1. The van der Waals surface area contributed by atoms with Crippen LogP contribution in [0.4, 0.5) is 10.1 Å². The topological polar surface area (TPSA) is 61.5 Å². The predicted octanol–water partition coefficient (Wildman–Crippen LogP) is 2.81. The van der Waals surface area contributed by atoms with Crippen LogP contribution in [-0.2, 0) is 11.3 Å². The highest BCUT2D eigenvalue weighted by Gasteiger charge is 2.19. The molecule has 1 fully saturated rings. The first-order valence-corrected chi connectivity index (χ1v) is 8.93. The van der Waals surface area contributed by atoms with Gasteiger partial charge in [0.1, 0.15) is 11.6 Å². The van der Waals surface area contributed by atoms with Crippen LogP contribution in [-0.4, -0.2) is 54.1 Å². The van der Waals surface area contributed by atoms with Crippen molar-refractivity contribution in [3.63, 3.8) is 0 Å². The summed E-state index contributed by atoms with van der Waals surface area (Å²) in [6.45, 7) is 2.79. The monoisotopic (exact) mass is 368 g/mol. The van der Waals surface area contributed by atoms with Crippen molar-refractivity contribution in [1.29, 1.82) is 0 Å². The van der Waals surface area contributed by atoms with E-state index < -0.39 is 0 Å². The fourth-order valence-corrected chi connectivity index (χ4v) is 3.30. The Bertz CT molecular complexity index is 933. The van der Waals surface area contributed by atoms with E-state index in [-0.39, 0.29) is 11.7 Å². The largest absolute Gasteiger partial charge is 0.378 e. The van der Waals surface area contributed by atoms with Crippen molar-refractivity contribution in [2.24, 2.45) is 0 Å². The number of aromatic nitrogens is 2. The minimum absolute atomic E-state index is 0.247. The number of fused-ring (bicyclic) bond motifs is 1. The third-order valence-electron chi connectivity index (χ3n) is 4.72. The molecule has 0 aliphatic carbocycles. The molecular weight excluding hydrogens is 347 g/mol. The van der Waals surface area contributed by atoms with Gasteiger partial charge in [-0.15, -0.1) is 0 Å². The second kappa shape index (κ2) is 7.36. The molecular formula is C20H21FN4O2. The third kappa shape index (κ3) is 3.64. The van der Waals surface area contributed by atoms with Crippen LogP contribution < -0.4 is 4.90 Å². The maximum Gasteiger partial charge on any atom is 0.254 e. The molecule has 0 bridgehead atoms. The highest BCUT2D eigenvalue weighted by atomic mass is 19.1. The quantitative estimate of drug-likeness (QED) is 0.769. The van der Waals surface area contributed by atoms with Gasteiger partial charge in [-0.2, -0.15) is 0 Å². The molecule has 2 aromatic carbocycles. The Hall–Kier alpha value is -2.93. The lowest BCUT2D eigenvalue weighted by molar-refractivity contribution is 0.0781. The minimum atomic E-state index is -0.389. The Kier molecular flexibility index (Phi) is 4.77. The van der Waals surface area contributed by atoms with Gasteiger partial charge in [-0.05, 0) is 30.3 Å². The molecule has 4 rings (SSSR count). The summed E-state index contributed by atoms with van der Waals surface area (Å²) >= 11 is 0. The van der Waals surface area contributed by atoms with Crippen molar-refractivity contribution in [1.82, 2.24) is 14.9 Å². The summed E-state index contributed by atoms with van der Waals surface area (Å²) in [6, 6.07) is 12.3. The number of nitrogens with zero attached hydrogens (tertiary/aromatic N) is 3. The van der Waals surface area contributed by atoms with E-state index in [0.29, 0.717) is 49.9 Å². The molecule has 0 radical (unpaired) electrons. The molecule has 1 aliphatic heterocycles. The van der Waals surface area contributed by atoms with Gasteiger partial charge in [0.2, 0.25) is 0 Å². The number of benzene rings is 2. The number of carbonyl (C=O) groups excluding carboxylic acids is 1. The molecule has 140 valence electrons. The number of morpholine rings is 1. The van der Waals surface area contributed by atoms with Crippen LogP contribution in [0.15, 0.2) is 42.5 Å². The molecule has 0 saturated carbocycles. The number of carbonyl (C=O) groups is 1. The minimum Gasteiger partial charge on any atom is -0.378 e. The molecule has 0 spiro atoms. The van der Waals surface area contributed by atoms with Crippen molar-refractivity contribution in [2.45, 2.75) is 6.54 Å². The number of hydrogen-bond donors (Lipinski definition) is 1. The molecule has 3 aromatic rings. The third-order valence-corrected chi connectivity index (χ3v) is 4.72. The SMILES string of the molecule is CN(Cc1nc2ccccc2[nH]1)C(=O)c1ccc(N2CCOCC2)c(F)c1. The first-order chi connectivity index (χ1) is 13.1. The van der Waals surface area contributed by atoms with Crippen molar-refractivity contribution in [3.8, 4) is 0 Å². The van der Waals surface area contributed by atoms with Gasteiger partial charge in [0.05, 0.1) is 36.5 Å². The van der Waals surface area contributed by atoms with Crippen molar-refractivity contribution >= 4 is 22.6 Å². The highest BCUT2D eigenvalue weighted by Crippen LogP contribution is 2.22. The fourth-order valence-electron chi connectivity index (χ4n) is 3.30. The van der Waals surface area contributed by atoms with Crippen molar-refractivity contribution in [3.05, 3.63) is 59.7 Å². The Morgan fingerprint density at radius 3 is 2.78 bits per heavy atom. The van der Waals surface area contributed by atoms with Crippen LogP contribution in [0, 0.1) is 5.82 Å². The normalized spacial score (nSPS) is 14.5. The van der Waals surface area contributed by atoms with E-state index in [1.54, 1.807) is 19.2 Å². The molecule has 1 aromatic heterocycles. The van der Waals surface area contributed by atoms with Gasteiger partial charge in [-0.3, -0.25) is 4.79 Å². The summed E-state index contributed by atoms with van der Waals surface area (Å²) in [5.74, 6) is 0.0558. The summed E-state index contributed by atoms with van der Waals surface area (Å²) in [7, 11) is 1.68. The zero-order valence-electron chi connectivity index (χ0n) is 15.1. The number of aromatic amines is 1. The van der Waals surface area contributed by atoms with Gasteiger partial charge in [-0.1, -0.05) is 12.1 Å². The molecule has 27 heavy (non-hydrogen) atoms. The number of amides is 1. The number of hydrogen-bond acceptors (Lipinski definition) is 4. The molecule has 0 atom stereocenters. The van der Waals surface area contributed by atoms with Crippen molar-refractivity contribution < 1.29 is 13.9 Å². The number of H-pyrrole nitrogens is 1. The Morgan fingerprint density at radius 1 is 1.26 bits per heavy atom. The molecule has 1 aliphatic rings. The summed E-state index contributed by atoms with van der Waals surface area (Å²) in [4.78, 5) is 23.8. The van der Waals surface area contributed by atoms with Crippen LogP contribution in [0.25, 0.3) is 11.0 Å². The second-order valence-corrected chi connectivity index (χ2v) is 6.63. The number of nitrogens with one attached hydrogen (secondary N) is 1. The Morgan fingerprint density at radius 2 is 2.04 bits per heavy atom. The standard InChI is InChI=1S/C20H21FN4O2/c1-24(13-19-22-16-4-2-3-5-17(16)23-19)20(26)14-6-7-18(15(21)12-14)25-8-10-27-11-9-25/h2-7,12H,8-11,13H2,1H3,(H,22,23). The lowest BCUT2D eigenvalue weighted by atomic mass is 10.1. The number of para-hydroxylation sites is 2. The van der Waals surface area contributed by atoms with E-state index in [9.17, 15) is 9.18 Å². The van der Waals surface area contributed by atoms with E-state index >= 15 is 0 Å². The maximum absolute atomic E-state index is 14.6. The van der Waals surface area contributed by atoms with Crippen LogP contribution in [0.2, 0.25) is 0 Å². The Balaban J connectivity index is 1.48. The number of imidazole rings is 1. The summed E-state index contributed by atoms with van der Waals surface area (Å²) in [5, 5.41) is 0. The van der Waals surface area contributed by atoms with E-state index in [4.69, 9.17) is 4.74 Å². The van der Waals surface area contributed by atoms with Gasteiger partial charge in [0.25, 0.3) is 5.91 Å². The molecule has 1 saturated heterocycles. The molecule has 0 unspecified atom stereocenters. The molecule has 2 heterocycles. The summed E-state index contributed by atoms with van der Waals surface area (Å²) < 4.78 is 19.9. The second-order valence-electron chi connectivity index (χ2n) is 6.63. The van der Waals surface area contributed by atoms with Gasteiger partial charge in [0, 0.05) is 25.7 Å². The first kappa shape index (κ1) is 17.5. The molecule has 1 amide bonds. The molecule has 1 N–H and O–H groups in total. The van der Waals surface area contributed by atoms with Gasteiger partial charge in [0.15, 0.2) is 0 Å². The van der Waals surface area contributed by atoms with Crippen LogP contribution in [0.1, 0.15) is 16.2 Å². The lowest BCUT2D eigenvalue weighted by Gasteiger charge is -2.29. The van der Waals surface area contributed by atoms with Crippen molar-refractivity contribution in [2.75, 3.05) is 38.3 Å². The maximum atomic E-state index is 14.6. The summed E-state index contributed by atoms with van der Waals surface area (Å²) in [6.07, 6.45) is 0.